The largest absolute Gasteiger partial charge is 0.461 e. The molecule has 1 aliphatic rings. The third-order valence-corrected chi connectivity index (χ3v) is 5.20. The summed E-state index contributed by atoms with van der Waals surface area (Å²) in [5, 5.41) is 4.02. The van der Waals surface area contributed by atoms with Crippen LogP contribution < -0.4 is 10.4 Å². The van der Waals surface area contributed by atoms with Gasteiger partial charge in [-0.2, -0.15) is 22.7 Å². The van der Waals surface area contributed by atoms with Crippen LogP contribution in [0.5, 0.6) is 5.75 Å². The monoisotopic (exact) mass is 459 g/mol. The van der Waals surface area contributed by atoms with Gasteiger partial charge >= 0.3 is 18.2 Å². The number of rotatable bonds is 7. The van der Waals surface area contributed by atoms with Crippen LogP contribution in [-0.2, 0) is 10.3 Å². The van der Waals surface area contributed by atoms with E-state index in [4.69, 9.17) is 4.74 Å². The minimum absolute atomic E-state index is 0.0781. The Hall–Kier alpha value is -3.28. The average molecular weight is 459 g/mol. The first-order valence-corrected chi connectivity index (χ1v) is 9.26. The summed E-state index contributed by atoms with van der Waals surface area (Å²) in [6.45, 7) is 1.66. The molecule has 32 heavy (non-hydrogen) atoms. The van der Waals surface area contributed by atoms with Crippen molar-refractivity contribution in [2.45, 2.75) is 31.1 Å². The van der Waals surface area contributed by atoms with Crippen molar-refractivity contribution in [2.75, 3.05) is 6.61 Å². The molecule has 1 saturated heterocycles. The van der Waals surface area contributed by atoms with Crippen LogP contribution in [0.2, 0.25) is 0 Å². The molecule has 0 saturated carbocycles. The summed E-state index contributed by atoms with van der Waals surface area (Å²) >= 11 is 0. The lowest BCUT2D eigenvalue weighted by Gasteiger charge is -2.20. The quantitative estimate of drug-likeness (QED) is 0.396. The number of hydrogen-bond acceptors (Lipinski definition) is 4. The van der Waals surface area contributed by atoms with Crippen molar-refractivity contribution in [1.82, 2.24) is 14.3 Å². The molecule has 12 heteroatoms. The maximum atomic E-state index is 14.3. The first-order chi connectivity index (χ1) is 15.0. The van der Waals surface area contributed by atoms with Crippen LogP contribution in [0.15, 0.2) is 53.6 Å². The minimum atomic E-state index is -4.66. The van der Waals surface area contributed by atoms with Crippen LogP contribution in [0.25, 0.3) is 5.69 Å². The molecule has 1 fully saturated rings. The van der Waals surface area contributed by atoms with Gasteiger partial charge in [0.15, 0.2) is 0 Å². The van der Waals surface area contributed by atoms with Crippen molar-refractivity contribution >= 4 is 0 Å². The zero-order chi connectivity index (χ0) is 23.3. The number of halogens is 6. The normalized spacial score (nSPS) is 19.2. The van der Waals surface area contributed by atoms with Crippen LogP contribution in [0.4, 0.5) is 26.3 Å². The predicted octanol–water partition coefficient (Wildman–Crippen LogP) is 4.04. The van der Waals surface area contributed by atoms with E-state index >= 15 is 0 Å². The lowest BCUT2D eigenvalue weighted by Crippen LogP contribution is -2.34. The fourth-order valence-corrected chi connectivity index (χ4v) is 3.37. The lowest BCUT2D eigenvalue weighted by atomic mass is 9.92. The number of nitrogens with zero attached hydrogens (tertiary/aromatic N) is 3. The molecule has 0 N–H and O–H groups in total. The number of benzene rings is 2. The second-order valence-electron chi connectivity index (χ2n) is 7.16. The van der Waals surface area contributed by atoms with Crippen molar-refractivity contribution in [3.05, 3.63) is 76.5 Å². The van der Waals surface area contributed by atoms with Gasteiger partial charge in [0.25, 0.3) is 0 Å². The average Bonchev–Trinajstić information content (AvgIpc) is 3.44. The van der Waals surface area contributed by atoms with E-state index in [0.717, 1.165) is 33.8 Å². The molecule has 1 aliphatic heterocycles. The van der Waals surface area contributed by atoms with Crippen LogP contribution in [0.1, 0.15) is 18.5 Å². The SMILES string of the molecule is C[C@@H](n1ncn(-c2ccc(OC(F)(F)C(F)F)cc2)c1=O)[C@@]1(c2ccc(F)cc2F)CO1. The first-order valence-electron chi connectivity index (χ1n) is 9.26. The standard InChI is InChI=1S/C20H15F6N3O3/c1-11(19(9-31-19)15-7-2-12(21)8-16(15)22)29-18(30)28(10-27-29)13-3-5-14(6-4-13)32-20(25,26)17(23)24/h2-8,10-11,17H,9H2,1H3/t11-,19-/m1/s1. The summed E-state index contributed by atoms with van der Waals surface area (Å²) in [6.07, 6.45) is -7.51. The third-order valence-electron chi connectivity index (χ3n) is 5.20. The molecule has 2 heterocycles. The van der Waals surface area contributed by atoms with Gasteiger partial charge in [0, 0.05) is 11.6 Å². The number of alkyl halides is 4. The van der Waals surface area contributed by atoms with E-state index in [9.17, 15) is 31.1 Å². The Bertz CT molecular complexity index is 1190. The van der Waals surface area contributed by atoms with Gasteiger partial charge in [0.2, 0.25) is 0 Å². The molecule has 0 unspecified atom stereocenters. The smallest absolute Gasteiger partial charge is 0.428 e. The second-order valence-corrected chi connectivity index (χ2v) is 7.16. The molecule has 6 nitrogen and oxygen atoms in total. The number of hydrogen-bond donors (Lipinski definition) is 0. The van der Waals surface area contributed by atoms with Gasteiger partial charge in [-0.05, 0) is 37.3 Å². The molecule has 2 aromatic carbocycles. The highest BCUT2D eigenvalue weighted by Crippen LogP contribution is 2.48. The van der Waals surface area contributed by atoms with Crippen molar-refractivity contribution in [2.24, 2.45) is 0 Å². The number of aromatic nitrogens is 3. The van der Waals surface area contributed by atoms with E-state index in [1.54, 1.807) is 6.92 Å². The summed E-state index contributed by atoms with van der Waals surface area (Å²) in [6, 6.07) is 6.67. The maximum Gasteiger partial charge on any atom is 0.461 e. The summed E-state index contributed by atoms with van der Waals surface area (Å²) in [4.78, 5) is 12.9. The third kappa shape index (κ3) is 3.74. The molecular formula is C20H15F6N3O3. The number of ether oxygens (including phenoxy) is 2. The van der Waals surface area contributed by atoms with E-state index < -0.39 is 47.3 Å². The summed E-state index contributed by atoms with van der Waals surface area (Å²) in [5.74, 6) is -2.10. The van der Waals surface area contributed by atoms with Crippen LogP contribution >= 0.6 is 0 Å². The zero-order valence-corrected chi connectivity index (χ0v) is 16.3. The Morgan fingerprint density at radius 1 is 1.16 bits per heavy atom. The van der Waals surface area contributed by atoms with Gasteiger partial charge in [-0.3, -0.25) is 0 Å². The predicted molar refractivity (Wildman–Crippen MR) is 98.1 cm³/mol. The van der Waals surface area contributed by atoms with Crippen LogP contribution in [0, 0.1) is 11.6 Å². The first kappa shape index (κ1) is 21.9. The van der Waals surface area contributed by atoms with Gasteiger partial charge < -0.3 is 9.47 Å². The molecule has 1 aromatic heterocycles. The van der Waals surface area contributed by atoms with Crippen molar-refractivity contribution < 1.29 is 35.8 Å². The minimum Gasteiger partial charge on any atom is -0.428 e. The number of epoxide rings is 1. The topological polar surface area (TPSA) is 61.6 Å². The summed E-state index contributed by atoms with van der Waals surface area (Å²) in [5.41, 5.74) is -1.59. The van der Waals surface area contributed by atoms with Crippen molar-refractivity contribution in [3.63, 3.8) is 0 Å². The lowest BCUT2D eigenvalue weighted by molar-refractivity contribution is -0.253. The van der Waals surface area contributed by atoms with E-state index in [1.165, 1.54) is 18.2 Å². The highest BCUT2D eigenvalue weighted by atomic mass is 19.3. The Kier molecular flexibility index (Phi) is 5.27. The zero-order valence-electron chi connectivity index (χ0n) is 16.3. The Morgan fingerprint density at radius 3 is 2.38 bits per heavy atom. The van der Waals surface area contributed by atoms with Gasteiger partial charge in [0.1, 0.15) is 29.3 Å². The van der Waals surface area contributed by atoms with Crippen LogP contribution in [0.3, 0.4) is 0 Å². The fraction of sp³-hybridized carbons (Fsp3) is 0.300. The van der Waals surface area contributed by atoms with Gasteiger partial charge in [-0.25, -0.2) is 22.8 Å². The molecule has 0 aliphatic carbocycles. The van der Waals surface area contributed by atoms with E-state index in [1.807, 2.05) is 0 Å². The fourth-order valence-electron chi connectivity index (χ4n) is 3.37. The van der Waals surface area contributed by atoms with Crippen molar-refractivity contribution in [3.8, 4) is 11.4 Å². The summed E-state index contributed by atoms with van der Waals surface area (Å²) in [7, 11) is 0. The molecule has 3 aromatic rings. The molecule has 2 atom stereocenters. The maximum absolute atomic E-state index is 14.3. The Labute approximate surface area is 176 Å². The Balaban J connectivity index is 1.59. The molecule has 170 valence electrons. The van der Waals surface area contributed by atoms with E-state index in [0.29, 0.717) is 6.07 Å². The molecule has 4 rings (SSSR count). The van der Waals surface area contributed by atoms with Gasteiger partial charge in [0.05, 0.1) is 18.3 Å². The Morgan fingerprint density at radius 2 is 1.81 bits per heavy atom. The highest BCUT2D eigenvalue weighted by Gasteiger charge is 2.54. The summed E-state index contributed by atoms with van der Waals surface area (Å²) < 4.78 is 89.7. The molecule has 0 spiro atoms. The van der Waals surface area contributed by atoms with Gasteiger partial charge in [-0.1, -0.05) is 6.07 Å². The highest BCUT2D eigenvalue weighted by molar-refractivity contribution is 5.37. The van der Waals surface area contributed by atoms with E-state index in [-0.39, 0.29) is 17.9 Å². The second kappa shape index (κ2) is 7.69. The van der Waals surface area contributed by atoms with Gasteiger partial charge in [-0.15, -0.1) is 0 Å². The molecular weight excluding hydrogens is 444 g/mol. The molecule has 0 radical (unpaired) electrons. The van der Waals surface area contributed by atoms with Crippen LogP contribution in [-0.4, -0.2) is 33.5 Å². The molecule has 0 amide bonds. The van der Waals surface area contributed by atoms with Crippen molar-refractivity contribution in [1.29, 1.82) is 0 Å². The molecule has 0 bridgehead atoms. The van der Waals surface area contributed by atoms with E-state index in [2.05, 4.69) is 9.84 Å².